The van der Waals surface area contributed by atoms with Crippen LogP contribution in [0.15, 0.2) is 24.3 Å². The average molecular weight is 235 g/mol. The molecule has 4 nitrogen and oxygen atoms in total. The van der Waals surface area contributed by atoms with Gasteiger partial charge in [0, 0.05) is 32.2 Å². The predicted octanol–water partition coefficient (Wildman–Crippen LogP) is 0.897. The molecule has 17 heavy (non-hydrogen) atoms. The van der Waals surface area contributed by atoms with Crippen LogP contribution < -0.4 is 0 Å². The number of rotatable bonds is 4. The van der Waals surface area contributed by atoms with Crippen molar-refractivity contribution in [3.63, 3.8) is 0 Å². The molecule has 0 unspecified atom stereocenters. The highest BCUT2D eigenvalue weighted by Gasteiger charge is 2.25. The SMILES string of the molecule is COC(=O)c1cccc(CN2CC(CO)C2)c1. The number of aliphatic hydroxyl groups is 1. The first-order valence-electron chi connectivity index (χ1n) is 5.73. The van der Waals surface area contributed by atoms with E-state index in [-0.39, 0.29) is 12.6 Å². The lowest BCUT2D eigenvalue weighted by atomic mass is 10.00. The van der Waals surface area contributed by atoms with Gasteiger partial charge in [0.1, 0.15) is 0 Å². The van der Waals surface area contributed by atoms with E-state index in [1.54, 1.807) is 6.07 Å². The van der Waals surface area contributed by atoms with Crippen molar-refractivity contribution >= 4 is 5.97 Å². The molecule has 1 aliphatic heterocycles. The number of hydrogen-bond acceptors (Lipinski definition) is 4. The Bertz CT molecular complexity index is 399. The molecule has 1 fully saturated rings. The van der Waals surface area contributed by atoms with Crippen LogP contribution in [0.1, 0.15) is 15.9 Å². The number of methoxy groups -OCH3 is 1. The summed E-state index contributed by atoms with van der Waals surface area (Å²) in [5.41, 5.74) is 1.69. The molecule has 1 aromatic carbocycles. The van der Waals surface area contributed by atoms with Gasteiger partial charge in [-0.25, -0.2) is 4.79 Å². The lowest BCUT2D eigenvalue weighted by molar-refractivity contribution is 0.0478. The van der Waals surface area contributed by atoms with Gasteiger partial charge in [-0.3, -0.25) is 4.90 Å². The molecule has 4 heteroatoms. The van der Waals surface area contributed by atoms with E-state index < -0.39 is 0 Å². The van der Waals surface area contributed by atoms with Gasteiger partial charge in [0.25, 0.3) is 0 Å². The van der Waals surface area contributed by atoms with Crippen molar-refractivity contribution in [1.82, 2.24) is 4.90 Å². The van der Waals surface area contributed by atoms with Gasteiger partial charge in [0.05, 0.1) is 12.7 Å². The van der Waals surface area contributed by atoms with Gasteiger partial charge >= 0.3 is 5.97 Å². The zero-order valence-electron chi connectivity index (χ0n) is 9.93. The molecule has 1 N–H and O–H groups in total. The number of carbonyl (C=O) groups is 1. The van der Waals surface area contributed by atoms with Gasteiger partial charge in [-0.2, -0.15) is 0 Å². The molecule has 92 valence electrons. The lowest BCUT2D eigenvalue weighted by Gasteiger charge is -2.38. The maximum absolute atomic E-state index is 11.4. The summed E-state index contributed by atoms with van der Waals surface area (Å²) < 4.78 is 4.69. The highest BCUT2D eigenvalue weighted by Crippen LogP contribution is 2.18. The number of nitrogens with zero attached hydrogens (tertiary/aromatic N) is 1. The van der Waals surface area contributed by atoms with Gasteiger partial charge in [-0.05, 0) is 17.7 Å². The quantitative estimate of drug-likeness (QED) is 0.788. The third kappa shape index (κ3) is 2.84. The molecule has 0 amide bonds. The summed E-state index contributed by atoms with van der Waals surface area (Å²) in [5, 5.41) is 8.93. The van der Waals surface area contributed by atoms with Crippen LogP contribution >= 0.6 is 0 Å². The molecule has 0 spiro atoms. The van der Waals surface area contributed by atoms with Gasteiger partial charge < -0.3 is 9.84 Å². The van der Waals surface area contributed by atoms with Crippen LogP contribution in [0, 0.1) is 5.92 Å². The topological polar surface area (TPSA) is 49.8 Å². The Kier molecular flexibility index (Phi) is 3.76. The Morgan fingerprint density at radius 2 is 2.29 bits per heavy atom. The number of aliphatic hydroxyl groups excluding tert-OH is 1. The van der Waals surface area contributed by atoms with Gasteiger partial charge in [0.15, 0.2) is 0 Å². The van der Waals surface area contributed by atoms with E-state index >= 15 is 0 Å². The third-order valence-electron chi connectivity index (χ3n) is 3.05. The molecule has 1 saturated heterocycles. The van der Waals surface area contributed by atoms with E-state index in [0.717, 1.165) is 25.2 Å². The summed E-state index contributed by atoms with van der Waals surface area (Å²) in [6, 6.07) is 7.48. The Hall–Kier alpha value is -1.39. The summed E-state index contributed by atoms with van der Waals surface area (Å²) in [5.74, 6) is 0.113. The van der Waals surface area contributed by atoms with Crippen molar-refractivity contribution in [2.45, 2.75) is 6.54 Å². The van der Waals surface area contributed by atoms with Crippen molar-refractivity contribution in [1.29, 1.82) is 0 Å². The van der Waals surface area contributed by atoms with Gasteiger partial charge in [-0.15, -0.1) is 0 Å². The molecule has 1 aliphatic rings. The first-order valence-corrected chi connectivity index (χ1v) is 5.73. The standard InChI is InChI=1S/C13H17NO3/c1-17-13(16)12-4-2-3-10(5-12)6-14-7-11(8-14)9-15/h2-5,11,15H,6-9H2,1H3. The van der Waals surface area contributed by atoms with Crippen LogP contribution in [0.5, 0.6) is 0 Å². The number of ether oxygens (including phenoxy) is 1. The average Bonchev–Trinajstić information content (AvgIpc) is 2.32. The molecule has 1 aromatic rings. The fourth-order valence-electron chi connectivity index (χ4n) is 2.09. The molecular weight excluding hydrogens is 218 g/mol. The molecule has 0 aliphatic carbocycles. The van der Waals surface area contributed by atoms with Crippen LogP contribution in [0.4, 0.5) is 0 Å². The molecule has 1 heterocycles. The summed E-state index contributed by atoms with van der Waals surface area (Å²) in [4.78, 5) is 13.6. The van der Waals surface area contributed by atoms with Crippen molar-refractivity contribution in [3.8, 4) is 0 Å². The van der Waals surface area contributed by atoms with Crippen LogP contribution in [-0.4, -0.2) is 42.8 Å². The lowest BCUT2D eigenvalue weighted by Crippen LogP contribution is -2.47. The Labute approximate surface area is 101 Å². The zero-order chi connectivity index (χ0) is 12.3. The second-order valence-corrected chi connectivity index (χ2v) is 4.43. The maximum atomic E-state index is 11.4. The molecule has 0 atom stereocenters. The highest BCUT2D eigenvalue weighted by atomic mass is 16.5. The largest absolute Gasteiger partial charge is 0.465 e. The number of likely N-dealkylation sites (tertiary alicyclic amines) is 1. The molecule has 0 radical (unpaired) electrons. The summed E-state index contributed by atoms with van der Waals surface area (Å²) >= 11 is 0. The van der Waals surface area contributed by atoms with Crippen molar-refractivity contribution in [2.24, 2.45) is 5.92 Å². The number of carbonyl (C=O) groups excluding carboxylic acids is 1. The maximum Gasteiger partial charge on any atom is 0.337 e. The van der Waals surface area contributed by atoms with E-state index in [2.05, 4.69) is 9.64 Å². The van der Waals surface area contributed by atoms with Crippen molar-refractivity contribution in [2.75, 3.05) is 26.8 Å². The van der Waals surface area contributed by atoms with Crippen LogP contribution in [0.3, 0.4) is 0 Å². The van der Waals surface area contributed by atoms with E-state index in [4.69, 9.17) is 5.11 Å². The summed E-state index contributed by atoms with van der Waals surface area (Å²) in [6.07, 6.45) is 0. The highest BCUT2D eigenvalue weighted by molar-refractivity contribution is 5.89. The molecule has 0 aromatic heterocycles. The monoisotopic (exact) mass is 235 g/mol. The minimum atomic E-state index is -0.302. The van der Waals surface area contributed by atoms with E-state index in [9.17, 15) is 4.79 Å². The number of hydrogen-bond donors (Lipinski definition) is 1. The van der Waals surface area contributed by atoms with Crippen molar-refractivity contribution < 1.29 is 14.6 Å². The minimum absolute atomic E-state index is 0.263. The first-order chi connectivity index (χ1) is 8.22. The molecule has 2 rings (SSSR count). The predicted molar refractivity (Wildman–Crippen MR) is 63.6 cm³/mol. The van der Waals surface area contributed by atoms with E-state index in [0.29, 0.717) is 11.5 Å². The Balaban J connectivity index is 1.95. The van der Waals surface area contributed by atoms with Crippen LogP contribution in [-0.2, 0) is 11.3 Å². The first kappa shape index (κ1) is 12.1. The summed E-state index contributed by atoms with van der Waals surface area (Å²) in [6.45, 7) is 2.94. The molecule has 0 saturated carbocycles. The van der Waals surface area contributed by atoms with Crippen molar-refractivity contribution in [3.05, 3.63) is 35.4 Å². The zero-order valence-corrected chi connectivity index (χ0v) is 9.93. The van der Waals surface area contributed by atoms with Gasteiger partial charge in [-0.1, -0.05) is 12.1 Å². The van der Waals surface area contributed by atoms with Crippen LogP contribution in [0.2, 0.25) is 0 Å². The fraction of sp³-hybridized carbons (Fsp3) is 0.462. The Morgan fingerprint density at radius 3 is 2.94 bits per heavy atom. The van der Waals surface area contributed by atoms with Gasteiger partial charge in [0.2, 0.25) is 0 Å². The number of esters is 1. The number of benzene rings is 1. The second-order valence-electron chi connectivity index (χ2n) is 4.43. The normalized spacial score (nSPS) is 16.6. The second kappa shape index (κ2) is 5.29. The minimum Gasteiger partial charge on any atom is -0.465 e. The molecular formula is C13H17NO3. The summed E-state index contributed by atoms with van der Waals surface area (Å²) in [7, 11) is 1.39. The third-order valence-corrected chi connectivity index (χ3v) is 3.05. The molecule has 0 bridgehead atoms. The smallest absolute Gasteiger partial charge is 0.337 e. The van der Waals surface area contributed by atoms with E-state index in [1.807, 2.05) is 18.2 Å². The van der Waals surface area contributed by atoms with E-state index in [1.165, 1.54) is 7.11 Å². The fourth-order valence-corrected chi connectivity index (χ4v) is 2.09. The Morgan fingerprint density at radius 1 is 1.53 bits per heavy atom. The van der Waals surface area contributed by atoms with Crippen LogP contribution in [0.25, 0.3) is 0 Å².